The van der Waals surface area contributed by atoms with Gasteiger partial charge in [-0.25, -0.2) is 0 Å². The number of carbonyl (C=O) groups excluding carboxylic acids is 1. The number of nitro groups is 1. The standard InChI is InChI=1S/C12H14N4O3/c1-15(2)6-5-11(17)12(14)9-7-8(16(18)19)3-4-10(9)13/h3-7,14H,13H2,1-2H3/b6-5+,14-12?. The van der Waals surface area contributed by atoms with Crippen molar-refractivity contribution in [3.63, 3.8) is 0 Å². The van der Waals surface area contributed by atoms with Gasteiger partial charge < -0.3 is 10.6 Å². The summed E-state index contributed by atoms with van der Waals surface area (Å²) in [5.41, 5.74) is 5.26. The summed E-state index contributed by atoms with van der Waals surface area (Å²) in [5, 5.41) is 18.4. The minimum Gasteiger partial charge on any atom is -0.398 e. The lowest BCUT2D eigenvalue weighted by Crippen LogP contribution is -2.15. The molecule has 0 heterocycles. The molecule has 7 nitrogen and oxygen atoms in total. The Labute approximate surface area is 110 Å². The second-order valence-corrected chi connectivity index (χ2v) is 4.05. The average Bonchev–Trinajstić information content (AvgIpc) is 2.35. The maximum absolute atomic E-state index is 11.7. The van der Waals surface area contributed by atoms with Gasteiger partial charge in [-0.05, 0) is 6.07 Å². The van der Waals surface area contributed by atoms with Gasteiger partial charge in [0.2, 0.25) is 5.78 Å². The molecule has 0 radical (unpaired) electrons. The van der Waals surface area contributed by atoms with Crippen LogP contribution in [-0.4, -0.2) is 35.4 Å². The molecule has 0 amide bonds. The molecule has 0 aromatic heterocycles. The van der Waals surface area contributed by atoms with E-state index in [9.17, 15) is 14.9 Å². The maximum atomic E-state index is 11.7. The SMILES string of the molecule is CN(C)/C=C/C(=O)C(=N)c1cc([N+](=O)[O-])ccc1N. The molecule has 0 aliphatic heterocycles. The van der Waals surface area contributed by atoms with Crippen molar-refractivity contribution in [1.82, 2.24) is 4.90 Å². The number of benzene rings is 1. The molecule has 0 fully saturated rings. The van der Waals surface area contributed by atoms with Crippen molar-refractivity contribution >= 4 is 22.9 Å². The van der Waals surface area contributed by atoms with Crippen LogP contribution in [0.15, 0.2) is 30.5 Å². The molecule has 1 aromatic carbocycles. The molecule has 0 saturated carbocycles. The summed E-state index contributed by atoms with van der Waals surface area (Å²) in [7, 11) is 3.46. The lowest BCUT2D eigenvalue weighted by Gasteiger charge is -2.06. The highest BCUT2D eigenvalue weighted by Gasteiger charge is 2.16. The number of nitro benzene ring substituents is 1. The number of nitrogens with one attached hydrogen (secondary N) is 1. The Hall–Kier alpha value is -2.70. The summed E-state index contributed by atoms with van der Waals surface area (Å²) in [5.74, 6) is -0.569. The van der Waals surface area contributed by atoms with Crippen LogP contribution in [0.5, 0.6) is 0 Å². The van der Waals surface area contributed by atoms with Gasteiger partial charge in [-0.3, -0.25) is 20.3 Å². The van der Waals surface area contributed by atoms with E-state index in [2.05, 4.69) is 0 Å². The molecule has 1 rings (SSSR count). The largest absolute Gasteiger partial charge is 0.398 e. The van der Waals surface area contributed by atoms with Crippen molar-refractivity contribution in [1.29, 1.82) is 5.41 Å². The van der Waals surface area contributed by atoms with Gasteiger partial charge in [0.05, 0.1) is 4.92 Å². The molecule has 100 valence electrons. The monoisotopic (exact) mass is 262 g/mol. The number of hydrogen-bond acceptors (Lipinski definition) is 6. The summed E-state index contributed by atoms with van der Waals surface area (Å²) < 4.78 is 0. The molecule has 0 saturated heterocycles. The number of nitrogens with zero attached hydrogens (tertiary/aromatic N) is 2. The van der Waals surface area contributed by atoms with E-state index in [-0.39, 0.29) is 22.6 Å². The number of allylic oxidation sites excluding steroid dienone is 1. The predicted molar refractivity (Wildman–Crippen MR) is 72.2 cm³/mol. The van der Waals surface area contributed by atoms with Crippen LogP contribution >= 0.6 is 0 Å². The third-order valence-electron chi connectivity index (χ3n) is 2.29. The normalized spacial score (nSPS) is 10.4. The van der Waals surface area contributed by atoms with E-state index in [0.717, 1.165) is 6.07 Å². The van der Waals surface area contributed by atoms with E-state index >= 15 is 0 Å². The minimum atomic E-state index is -0.601. The van der Waals surface area contributed by atoms with E-state index in [1.54, 1.807) is 19.0 Å². The second kappa shape index (κ2) is 5.76. The molecular weight excluding hydrogens is 248 g/mol. The van der Waals surface area contributed by atoms with Crippen LogP contribution in [-0.2, 0) is 4.79 Å². The number of rotatable bonds is 5. The van der Waals surface area contributed by atoms with Crippen molar-refractivity contribution in [3.05, 3.63) is 46.2 Å². The fraction of sp³-hybridized carbons (Fsp3) is 0.167. The van der Waals surface area contributed by atoms with Gasteiger partial charge in [-0.1, -0.05) is 0 Å². The van der Waals surface area contributed by atoms with Gasteiger partial charge in [0.25, 0.3) is 5.69 Å². The van der Waals surface area contributed by atoms with Gasteiger partial charge >= 0.3 is 0 Å². The van der Waals surface area contributed by atoms with E-state index in [1.165, 1.54) is 24.4 Å². The summed E-state index contributed by atoms with van der Waals surface area (Å²) in [6.45, 7) is 0. The molecule has 7 heteroatoms. The van der Waals surface area contributed by atoms with Gasteiger partial charge in [0, 0.05) is 49.8 Å². The summed E-state index contributed by atoms with van der Waals surface area (Å²) in [4.78, 5) is 23.4. The van der Waals surface area contributed by atoms with Gasteiger partial charge in [-0.15, -0.1) is 0 Å². The summed E-state index contributed by atoms with van der Waals surface area (Å²) in [6, 6.07) is 3.66. The van der Waals surface area contributed by atoms with Crippen molar-refractivity contribution in [2.24, 2.45) is 0 Å². The van der Waals surface area contributed by atoms with Crippen molar-refractivity contribution in [3.8, 4) is 0 Å². The topological polar surface area (TPSA) is 113 Å². The molecule has 0 atom stereocenters. The zero-order valence-electron chi connectivity index (χ0n) is 10.6. The molecule has 0 aliphatic carbocycles. The van der Waals surface area contributed by atoms with Gasteiger partial charge in [-0.2, -0.15) is 0 Å². The Morgan fingerprint density at radius 3 is 2.63 bits per heavy atom. The molecule has 0 bridgehead atoms. The van der Waals surface area contributed by atoms with E-state index in [0.29, 0.717) is 0 Å². The number of non-ortho nitro benzene ring substituents is 1. The quantitative estimate of drug-likeness (QED) is 0.272. The van der Waals surface area contributed by atoms with Crippen LogP contribution in [0.25, 0.3) is 0 Å². The van der Waals surface area contributed by atoms with Crippen LogP contribution in [0.3, 0.4) is 0 Å². The average molecular weight is 262 g/mol. The smallest absolute Gasteiger partial charge is 0.270 e. The van der Waals surface area contributed by atoms with Crippen LogP contribution in [0, 0.1) is 15.5 Å². The number of anilines is 1. The van der Waals surface area contributed by atoms with E-state index < -0.39 is 10.7 Å². The molecular formula is C12H14N4O3. The number of ketones is 1. The minimum absolute atomic E-state index is 0.0580. The molecule has 3 N–H and O–H groups in total. The third-order valence-corrected chi connectivity index (χ3v) is 2.29. The zero-order valence-corrected chi connectivity index (χ0v) is 10.6. The lowest BCUT2D eigenvalue weighted by atomic mass is 10.0. The Morgan fingerprint density at radius 1 is 1.47 bits per heavy atom. The molecule has 19 heavy (non-hydrogen) atoms. The molecule has 0 aliphatic rings. The van der Waals surface area contributed by atoms with Crippen LogP contribution in [0.2, 0.25) is 0 Å². The van der Waals surface area contributed by atoms with Crippen molar-refractivity contribution in [2.45, 2.75) is 0 Å². The van der Waals surface area contributed by atoms with Crippen LogP contribution in [0.4, 0.5) is 11.4 Å². The van der Waals surface area contributed by atoms with Gasteiger partial charge in [0.1, 0.15) is 5.71 Å². The Balaban J connectivity index is 3.08. The summed E-state index contributed by atoms with van der Waals surface area (Å²) >= 11 is 0. The first-order valence-corrected chi connectivity index (χ1v) is 5.34. The van der Waals surface area contributed by atoms with Crippen LogP contribution < -0.4 is 5.73 Å². The van der Waals surface area contributed by atoms with Crippen LogP contribution in [0.1, 0.15) is 5.56 Å². The molecule has 1 aromatic rings. The number of nitrogen functional groups attached to an aromatic ring is 1. The predicted octanol–water partition coefficient (Wildman–Crippen LogP) is 1.19. The zero-order chi connectivity index (χ0) is 14.6. The second-order valence-electron chi connectivity index (χ2n) is 4.05. The Kier molecular flexibility index (Phi) is 4.36. The highest BCUT2D eigenvalue weighted by molar-refractivity contribution is 6.49. The summed E-state index contributed by atoms with van der Waals surface area (Å²) in [6.07, 6.45) is 2.70. The number of carbonyl (C=O) groups is 1. The fourth-order valence-corrected chi connectivity index (χ4v) is 1.31. The lowest BCUT2D eigenvalue weighted by molar-refractivity contribution is -0.384. The number of nitrogens with two attached hydrogens (primary N) is 1. The van der Waals surface area contributed by atoms with E-state index in [1.807, 2.05) is 0 Å². The van der Waals surface area contributed by atoms with Crippen molar-refractivity contribution in [2.75, 3.05) is 19.8 Å². The number of hydrogen-bond donors (Lipinski definition) is 2. The van der Waals surface area contributed by atoms with E-state index in [4.69, 9.17) is 11.1 Å². The fourth-order valence-electron chi connectivity index (χ4n) is 1.31. The first-order chi connectivity index (χ1) is 8.82. The first-order valence-electron chi connectivity index (χ1n) is 5.34. The third kappa shape index (κ3) is 3.63. The highest BCUT2D eigenvalue weighted by Crippen LogP contribution is 2.20. The Morgan fingerprint density at radius 2 is 2.11 bits per heavy atom. The molecule has 0 spiro atoms. The first kappa shape index (κ1) is 14.4. The Bertz CT molecular complexity index is 564. The molecule has 0 unspecified atom stereocenters. The van der Waals surface area contributed by atoms with Crippen molar-refractivity contribution < 1.29 is 9.72 Å². The highest BCUT2D eigenvalue weighted by atomic mass is 16.6. The van der Waals surface area contributed by atoms with Gasteiger partial charge in [0.15, 0.2) is 0 Å². The maximum Gasteiger partial charge on any atom is 0.270 e.